The third-order valence-corrected chi connectivity index (χ3v) is 6.15. The molecule has 0 bridgehead atoms. The van der Waals surface area contributed by atoms with Crippen molar-refractivity contribution in [2.45, 2.75) is 25.7 Å². The fraction of sp³-hybridized carbons (Fsp3) is 0.217. The van der Waals surface area contributed by atoms with Crippen LogP contribution in [0.25, 0.3) is 0 Å². The topological polar surface area (TPSA) is 93.5 Å². The summed E-state index contributed by atoms with van der Waals surface area (Å²) in [7, 11) is -3.74. The molecule has 1 atom stereocenters. The molecule has 0 spiro atoms. The average molecular weight is 491 g/mol. The van der Waals surface area contributed by atoms with E-state index in [4.69, 9.17) is 0 Å². The van der Waals surface area contributed by atoms with E-state index in [-0.39, 0.29) is 17.9 Å². The summed E-state index contributed by atoms with van der Waals surface area (Å²) in [6.07, 6.45) is -0.319. The molecule has 2 aromatic carbocycles. The Morgan fingerprint density at radius 3 is 2.41 bits per heavy atom. The number of sulfonamides is 1. The van der Waals surface area contributed by atoms with Gasteiger partial charge in [0.1, 0.15) is 0 Å². The first-order chi connectivity index (χ1) is 15.9. The summed E-state index contributed by atoms with van der Waals surface area (Å²) in [5.41, 5.74) is 1.76. The van der Waals surface area contributed by atoms with Crippen LogP contribution in [0.4, 0.5) is 29.3 Å². The van der Waals surface area contributed by atoms with E-state index >= 15 is 0 Å². The van der Waals surface area contributed by atoms with Crippen LogP contribution in [0.3, 0.4) is 0 Å². The molecule has 2 amide bonds. The molecule has 1 N–H and O–H groups in total. The molecular weight excluding hydrogens is 469 g/mol. The zero-order valence-electron chi connectivity index (χ0n) is 18.2. The van der Waals surface area contributed by atoms with Crippen LogP contribution < -0.4 is 9.62 Å². The smallest absolute Gasteiger partial charge is 0.308 e. The Hall–Kier alpha value is -3.78. The molecule has 0 aromatic heterocycles. The number of carbonyl (C=O) groups is 1. The van der Waals surface area contributed by atoms with Crippen LogP contribution in [-0.2, 0) is 16.6 Å². The predicted molar refractivity (Wildman–Crippen MR) is 122 cm³/mol. The molecule has 1 aliphatic rings. The lowest BCUT2D eigenvalue weighted by molar-refractivity contribution is -0.157. The third kappa shape index (κ3) is 5.77. The maximum Gasteiger partial charge on any atom is 0.412 e. The fourth-order valence-electron chi connectivity index (χ4n) is 3.35. The molecule has 11 heteroatoms. The minimum atomic E-state index is -4.65. The number of anilines is 2. The van der Waals surface area contributed by atoms with Gasteiger partial charge in [-0.1, -0.05) is 30.4 Å². The molecule has 178 valence electrons. The molecule has 2 aromatic rings. The second-order valence-electron chi connectivity index (χ2n) is 7.64. The van der Waals surface area contributed by atoms with Crippen LogP contribution in [0.15, 0.2) is 72.5 Å². The van der Waals surface area contributed by atoms with Crippen LogP contribution in [0, 0.1) is 11.3 Å². The van der Waals surface area contributed by atoms with Crippen molar-refractivity contribution in [2.75, 3.05) is 15.9 Å². The molecule has 7 nitrogen and oxygen atoms in total. The monoisotopic (exact) mass is 490 g/mol. The van der Waals surface area contributed by atoms with Gasteiger partial charge in [0.2, 0.25) is 10.0 Å². The van der Waals surface area contributed by atoms with Gasteiger partial charge in [-0.05, 0) is 48.4 Å². The van der Waals surface area contributed by atoms with E-state index in [2.05, 4.69) is 5.32 Å². The lowest BCUT2D eigenvalue weighted by Gasteiger charge is -2.31. The number of nitrogens with zero attached hydrogens (tertiary/aromatic N) is 3. The van der Waals surface area contributed by atoms with Crippen molar-refractivity contribution in [1.82, 2.24) is 4.90 Å². The fourth-order valence-corrected chi connectivity index (χ4v) is 4.23. The van der Waals surface area contributed by atoms with Gasteiger partial charge in [0.05, 0.1) is 30.1 Å². The quantitative estimate of drug-likeness (QED) is 0.654. The lowest BCUT2D eigenvalue weighted by Crippen LogP contribution is -2.47. The Morgan fingerprint density at radius 1 is 1.18 bits per heavy atom. The first-order valence-electron chi connectivity index (χ1n) is 9.98. The number of rotatable bonds is 5. The normalized spacial score (nSPS) is 15.9. The highest BCUT2D eigenvalue weighted by atomic mass is 32.2. The van der Waals surface area contributed by atoms with Gasteiger partial charge >= 0.3 is 12.2 Å². The Balaban J connectivity index is 1.82. The largest absolute Gasteiger partial charge is 0.412 e. The first-order valence-corrected chi connectivity index (χ1v) is 11.8. The van der Waals surface area contributed by atoms with Gasteiger partial charge in [0.15, 0.2) is 6.04 Å². The van der Waals surface area contributed by atoms with E-state index < -0.39 is 28.3 Å². The van der Waals surface area contributed by atoms with Crippen molar-refractivity contribution in [1.29, 1.82) is 5.26 Å². The van der Waals surface area contributed by atoms with Gasteiger partial charge < -0.3 is 5.32 Å². The minimum absolute atomic E-state index is 0.0915. The van der Waals surface area contributed by atoms with E-state index in [1.807, 2.05) is 6.07 Å². The number of nitrogens with one attached hydrogen (secondary N) is 1. The third-order valence-electron chi connectivity index (χ3n) is 5.01. The lowest BCUT2D eigenvalue weighted by atomic mass is 10.1. The van der Waals surface area contributed by atoms with Gasteiger partial charge in [0.25, 0.3) is 0 Å². The summed E-state index contributed by atoms with van der Waals surface area (Å²) in [5, 5.41) is 11.7. The Labute approximate surface area is 195 Å². The number of hydrogen-bond donors (Lipinski definition) is 1. The summed E-state index contributed by atoms with van der Waals surface area (Å²) >= 11 is 0. The molecule has 0 saturated heterocycles. The molecule has 0 radical (unpaired) electrons. The van der Waals surface area contributed by atoms with Crippen LogP contribution in [0.1, 0.15) is 18.1 Å². The van der Waals surface area contributed by atoms with Gasteiger partial charge in [-0.2, -0.15) is 18.4 Å². The van der Waals surface area contributed by atoms with Crippen molar-refractivity contribution in [3.05, 3.63) is 83.6 Å². The standard InChI is InChI=1S/C23H21F3N4O3S/c1-16-7-12-21(23(24,25)26)29(14-16)22(31)28-19-8-10-20(11-9-19)30(34(2,32)33)15-18-6-4-3-5-17(18)13-27/h3-12,14,21H,15H2,1-2H3,(H,28,31). The summed E-state index contributed by atoms with van der Waals surface area (Å²) in [4.78, 5) is 13.1. The SMILES string of the molecule is CC1=CN(C(=O)Nc2ccc(N(Cc3ccccc3C#N)S(C)(=O)=O)cc2)C(C(F)(F)F)C=C1. The molecule has 1 unspecified atom stereocenters. The molecule has 34 heavy (non-hydrogen) atoms. The van der Waals surface area contributed by atoms with E-state index in [0.29, 0.717) is 21.6 Å². The maximum absolute atomic E-state index is 13.3. The number of allylic oxidation sites excluding steroid dienone is 2. The average Bonchev–Trinajstić information content (AvgIpc) is 2.76. The second kappa shape index (κ2) is 9.61. The molecule has 1 aliphatic heterocycles. The zero-order chi connectivity index (χ0) is 25.1. The number of urea groups is 1. The zero-order valence-corrected chi connectivity index (χ0v) is 19.1. The van der Waals surface area contributed by atoms with Crippen molar-refractivity contribution < 1.29 is 26.4 Å². The van der Waals surface area contributed by atoms with Gasteiger partial charge in [-0.15, -0.1) is 0 Å². The molecular formula is C23H21F3N4O3S. The van der Waals surface area contributed by atoms with E-state index in [1.54, 1.807) is 31.2 Å². The first kappa shape index (κ1) is 24.9. The van der Waals surface area contributed by atoms with E-state index in [1.165, 1.54) is 30.3 Å². The highest BCUT2D eigenvalue weighted by molar-refractivity contribution is 7.92. The maximum atomic E-state index is 13.3. The summed E-state index contributed by atoms with van der Waals surface area (Å²) < 4.78 is 65.9. The molecule has 0 fully saturated rings. The molecule has 0 saturated carbocycles. The van der Waals surface area contributed by atoms with Crippen molar-refractivity contribution >= 4 is 27.4 Å². The van der Waals surface area contributed by atoms with Crippen LogP contribution in [0.2, 0.25) is 0 Å². The van der Waals surface area contributed by atoms with Gasteiger partial charge in [-0.3, -0.25) is 9.21 Å². The number of alkyl halides is 3. The Kier molecular flexibility index (Phi) is 7.02. The summed E-state index contributed by atoms with van der Waals surface area (Å²) in [6.45, 7) is 1.48. The molecule has 3 rings (SSSR count). The predicted octanol–water partition coefficient (Wildman–Crippen LogP) is 4.76. The highest BCUT2D eigenvalue weighted by Gasteiger charge is 2.44. The van der Waals surface area contributed by atoms with Crippen molar-refractivity contribution in [2.24, 2.45) is 0 Å². The van der Waals surface area contributed by atoms with E-state index in [9.17, 15) is 31.6 Å². The van der Waals surface area contributed by atoms with Crippen LogP contribution >= 0.6 is 0 Å². The van der Waals surface area contributed by atoms with E-state index in [0.717, 1.165) is 22.8 Å². The summed E-state index contributed by atoms with van der Waals surface area (Å²) in [6, 6.07) is 11.1. The summed E-state index contributed by atoms with van der Waals surface area (Å²) in [5.74, 6) is 0. The Bertz CT molecular complexity index is 1280. The number of halogens is 3. The number of amides is 2. The number of carbonyl (C=O) groups excluding carboxylic acids is 1. The molecule has 1 heterocycles. The highest BCUT2D eigenvalue weighted by Crippen LogP contribution is 2.30. The molecule has 0 aliphatic carbocycles. The van der Waals surface area contributed by atoms with Crippen molar-refractivity contribution in [3.63, 3.8) is 0 Å². The number of benzene rings is 2. The van der Waals surface area contributed by atoms with Gasteiger partial charge in [0, 0.05) is 11.9 Å². The van der Waals surface area contributed by atoms with Crippen LogP contribution in [0.5, 0.6) is 0 Å². The second-order valence-corrected chi connectivity index (χ2v) is 9.55. The Morgan fingerprint density at radius 2 is 1.82 bits per heavy atom. The minimum Gasteiger partial charge on any atom is -0.308 e. The van der Waals surface area contributed by atoms with Gasteiger partial charge in [-0.25, -0.2) is 13.2 Å². The number of nitriles is 1. The number of hydrogen-bond acceptors (Lipinski definition) is 4. The van der Waals surface area contributed by atoms with Crippen LogP contribution in [-0.4, -0.2) is 37.8 Å². The van der Waals surface area contributed by atoms with Crippen molar-refractivity contribution in [3.8, 4) is 6.07 Å².